The van der Waals surface area contributed by atoms with Gasteiger partial charge in [0.25, 0.3) is 0 Å². The third-order valence-corrected chi connectivity index (χ3v) is 3.01. The van der Waals surface area contributed by atoms with E-state index in [0.717, 1.165) is 12.5 Å². The number of benzene rings is 1. The van der Waals surface area contributed by atoms with Crippen molar-refractivity contribution in [1.82, 2.24) is 5.32 Å². The summed E-state index contributed by atoms with van der Waals surface area (Å²) in [6.45, 7) is 5.16. The lowest BCUT2D eigenvalue weighted by Crippen LogP contribution is -2.24. The largest absolute Gasteiger partial charge is 0.416 e. The Morgan fingerprint density at radius 1 is 1.26 bits per heavy atom. The molecule has 0 amide bonds. The van der Waals surface area contributed by atoms with Crippen molar-refractivity contribution in [2.45, 2.75) is 38.4 Å². The first-order valence-corrected chi connectivity index (χ1v) is 6.73. The van der Waals surface area contributed by atoms with Crippen molar-refractivity contribution in [3.8, 4) is 0 Å². The van der Waals surface area contributed by atoms with Crippen molar-refractivity contribution in [2.24, 2.45) is 5.92 Å². The zero-order valence-corrected chi connectivity index (χ0v) is 11.9. The minimum absolute atomic E-state index is 0.00537. The lowest BCUT2D eigenvalue weighted by Gasteiger charge is -2.13. The maximum atomic E-state index is 12.5. The lowest BCUT2D eigenvalue weighted by molar-refractivity contribution is -0.137. The predicted octanol–water partition coefficient (Wildman–Crippen LogP) is 4.45. The maximum Gasteiger partial charge on any atom is 0.416 e. The van der Waals surface area contributed by atoms with Crippen LogP contribution in [-0.4, -0.2) is 11.9 Å². The van der Waals surface area contributed by atoms with Crippen LogP contribution in [0.25, 0.3) is 0 Å². The van der Waals surface area contributed by atoms with E-state index in [4.69, 9.17) is 11.6 Å². The fourth-order valence-corrected chi connectivity index (χ4v) is 2.29. The molecular weight excluding hydrogens is 275 g/mol. The average molecular weight is 294 g/mol. The van der Waals surface area contributed by atoms with E-state index in [9.17, 15) is 13.2 Å². The highest BCUT2D eigenvalue weighted by molar-refractivity contribution is 6.20. The molecule has 1 nitrogen and oxygen atoms in total. The van der Waals surface area contributed by atoms with Gasteiger partial charge in [-0.25, -0.2) is 0 Å². The molecule has 108 valence electrons. The van der Waals surface area contributed by atoms with Gasteiger partial charge < -0.3 is 5.32 Å². The lowest BCUT2D eigenvalue weighted by atomic mass is 10.1. The Labute approximate surface area is 117 Å². The highest BCUT2D eigenvalue weighted by Crippen LogP contribution is 2.29. The van der Waals surface area contributed by atoms with Gasteiger partial charge in [-0.1, -0.05) is 32.0 Å². The smallest absolute Gasteiger partial charge is 0.311 e. The number of rotatable bonds is 6. The van der Waals surface area contributed by atoms with Gasteiger partial charge in [0.1, 0.15) is 0 Å². The van der Waals surface area contributed by atoms with Crippen LogP contribution in [0.5, 0.6) is 0 Å². The van der Waals surface area contributed by atoms with Crippen LogP contribution in [0.2, 0.25) is 0 Å². The van der Waals surface area contributed by atoms with Crippen molar-refractivity contribution in [3.63, 3.8) is 0 Å². The average Bonchev–Trinajstić information content (AvgIpc) is 2.27. The van der Waals surface area contributed by atoms with Crippen LogP contribution in [0.3, 0.4) is 0 Å². The van der Waals surface area contributed by atoms with E-state index in [-0.39, 0.29) is 5.38 Å². The summed E-state index contributed by atoms with van der Waals surface area (Å²) in [4.78, 5) is 0. The van der Waals surface area contributed by atoms with Gasteiger partial charge in [0, 0.05) is 18.5 Å². The van der Waals surface area contributed by atoms with Gasteiger partial charge in [-0.2, -0.15) is 13.2 Å². The SMILES string of the molecule is CC(C)CC(Cl)CNCc1cccc(C(F)(F)F)c1. The minimum Gasteiger partial charge on any atom is -0.311 e. The summed E-state index contributed by atoms with van der Waals surface area (Å²) in [6, 6.07) is 5.34. The van der Waals surface area contributed by atoms with Crippen LogP contribution >= 0.6 is 11.6 Å². The normalized spacial score (nSPS) is 13.8. The van der Waals surface area contributed by atoms with Gasteiger partial charge in [-0.3, -0.25) is 0 Å². The molecule has 1 unspecified atom stereocenters. The highest BCUT2D eigenvalue weighted by atomic mass is 35.5. The molecule has 0 aliphatic heterocycles. The first kappa shape index (κ1) is 16.3. The third kappa shape index (κ3) is 6.30. The molecule has 0 fully saturated rings. The Kier molecular flexibility index (Phi) is 6.14. The van der Waals surface area contributed by atoms with Crippen molar-refractivity contribution in [3.05, 3.63) is 35.4 Å². The molecule has 0 aromatic heterocycles. The van der Waals surface area contributed by atoms with E-state index in [2.05, 4.69) is 19.2 Å². The van der Waals surface area contributed by atoms with E-state index in [0.29, 0.717) is 24.6 Å². The Balaban J connectivity index is 2.46. The number of hydrogen-bond donors (Lipinski definition) is 1. The molecule has 1 aromatic carbocycles. The molecule has 0 spiro atoms. The molecule has 1 rings (SSSR count). The molecule has 5 heteroatoms. The number of halogens is 4. The summed E-state index contributed by atoms with van der Waals surface area (Å²) in [5.41, 5.74) is -0.000331. The van der Waals surface area contributed by atoms with Crippen molar-refractivity contribution in [1.29, 1.82) is 0 Å². The summed E-state index contributed by atoms with van der Waals surface area (Å²) in [6.07, 6.45) is -3.40. The fraction of sp³-hybridized carbons (Fsp3) is 0.571. The zero-order valence-electron chi connectivity index (χ0n) is 11.1. The van der Waals surface area contributed by atoms with Gasteiger partial charge >= 0.3 is 6.18 Å². The topological polar surface area (TPSA) is 12.0 Å². The van der Waals surface area contributed by atoms with Crippen LogP contribution in [0, 0.1) is 5.92 Å². The van der Waals surface area contributed by atoms with Gasteiger partial charge in [0.15, 0.2) is 0 Å². The quantitative estimate of drug-likeness (QED) is 0.764. The van der Waals surface area contributed by atoms with E-state index in [1.54, 1.807) is 6.07 Å². The standard InChI is InChI=1S/C14H19ClF3N/c1-10(2)6-13(15)9-19-8-11-4-3-5-12(7-11)14(16,17)18/h3-5,7,10,13,19H,6,8-9H2,1-2H3. The van der Waals surface area contributed by atoms with Crippen LogP contribution < -0.4 is 5.32 Å². The van der Waals surface area contributed by atoms with Gasteiger partial charge in [0.05, 0.1) is 5.56 Å². The zero-order chi connectivity index (χ0) is 14.5. The summed E-state index contributed by atoms with van der Waals surface area (Å²) >= 11 is 6.10. The van der Waals surface area contributed by atoms with Crippen molar-refractivity contribution >= 4 is 11.6 Å². The summed E-state index contributed by atoms with van der Waals surface area (Å²) in [5.74, 6) is 0.512. The van der Waals surface area contributed by atoms with E-state index >= 15 is 0 Å². The van der Waals surface area contributed by atoms with Crippen LogP contribution in [0.4, 0.5) is 13.2 Å². The van der Waals surface area contributed by atoms with E-state index in [1.165, 1.54) is 12.1 Å². The molecule has 19 heavy (non-hydrogen) atoms. The van der Waals surface area contributed by atoms with Gasteiger partial charge in [-0.05, 0) is 24.0 Å². The summed E-state index contributed by atoms with van der Waals surface area (Å²) < 4.78 is 37.6. The highest BCUT2D eigenvalue weighted by Gasteiger charge is 2.30. The minimum atomic E-state index is -4.29. The van der Waals surface area contributed by atoms with Crippen LogP contribution in [0.1, 0.15) is 31.4 Å². The molecule has 0 aliphatic carbocycles. The fourth-order valence-electron chi connectivity index (χ4n) is 1.83. The monoisotopic (exact) mass is 293 g/mol. The number of alkyl halides is 4. The molecule has 0 bridgehead atoms. The first-order chi connectivity index (χ1) is 8.79. The second kappa shape index (κ2) is 7.15. The predicted molar refractivity (Wildman–Crippen MR) is 72.2 cm³/mol. The molecule has 1 aromatic rings. The van der Waals surface area contributed by atoms with Crippen LogP contribution in [-0.2, 0) is 12.7 Å². The number of nitrogens with one attached hydrogen (secondary N) is 1. The third-order valence-electron chi connectivity index (χ3n) is 2.68. The Morgan fingerprint density at radius 2 is 1.95 bits per heavy atom. The Hall–Kier alpha value is -0.740. The molecule has 0 aliphatic rings. The second-order valence-electron chi connectivity index (χ2n) is 5.06. The van der Waals surface area contributed by atoms with E-state index in [1.807, 2.05) is 0 Å². The first-order valence-electron chi connectivity index (χ1n) is 6.30. The maximum absolute atomic E-state index is 12.5. The summed E-state index contributed by atoms with van der Waals surface area (Å²) in [7, 11) is 0. The molecule has 0 saturated carbocycles. The summed E-state index contributed by atoms with van der Waals surface area (Å²) in [5, 5.41) is 3.09. The van der Waals surface area contributed by atoms with Gasteiger partial charge in [0.2, 0.25) is 0 Å². The van der Waals surface area contributed by atoms with Crippen LogP contribution in [0.15, 0.2) is 24.3 Å². The molecule has 1 N–H and O–H groups in total. The Bertz CT molecular complexity index is 391. The van der Waals surface area contributed by atoms with Gasteiger partial charge in [-0.15, -0.1) is 11.6 Å². The van der Waals surface area contributed by atoms with Crippen molar-refractivity contribution < 1.29 is 13.2 Å². The van der Waals surface area contributed by atoms with E-state index < -0.39 is 11.7 Å². The van der Waals surface area contributed by atoms with Crippen molar-refractivity contribution in [2.75, 3.05) is 6.54 Å². The Morgan fingerprint density at radius 3 is 2.53 bits per heavy atom. The molecule has 0 saturated heterocycles. The molecule has 0 radical (unpaired) electrons. The second-order valence-corrected chi connectivity index (χ2v) is 5.67. The molecule has 1 atom stereocenters. The molecular formula is C14H19ClF3N. The number of hydrogen-bond acceptors (Lipinski definition) is 1. The molecule has 0 heterocycles.